The van der Waals surface area contributed by atoms with E-state index in [9.17, 15) is 9.59 Å². The number of amides is 3. The predicted octanol–water partition coefficient (Wildman–Crippen LogP) is 5.11. The van der Waals surface area contributed by atoms with Gasteiger partial charge in [-0.25, -0.2) is 4.79 Å². The number of aryl methyl sites for hydroxylation is 2. The molecule has 1 aromatic heterocycles. The smallest absolute Gasteiger partial charge is 0.323 e. The minimum absolute atomic E-state index is 0.113. The van der Waals surface area contributed by atoms with Crippen LogP contribution in [0.2, 0.25) is 0 Å². The van der Waals surface area contributed by atoms with E-state index in [1.54, 1.807) is 24.3 Å². The molecule has 3 amide bonds. The second kappa shape index (κ2) is 10.4. The Morgan fingerprint density at radius 2 is 1.74 bits per heavy atom. The second-order valence-electron chi connectivity index (χ2n) is 7.58. The first-order valence-corrected chi connectivity index (χ1v) is 10.3. The van der Waals surface area contributed by atoms with E-state index in [1.807, 2.05) is 45.0 Å². The number of para-hydroxylation sites is 1. The molecule has 31 heavy (non-hydrogen) atoms. The first kappa shape index (κ1) is 22.0. The molecule has 0 saturated heterocycles. The summed E-state index contributed by atoms with van der Waals surface area (Å²) >= 11 is 0. The Labute approximate surface area is 181 Å². The third-order valence-corrected chi connectivity index (χ3v) is 4.60. The molecule has 162 valence electrons. The summed E-state index contributed by atoms with van der Waals surface area (Å²) in [7, 11) is 0. The number of rotatable bonds is 8. The van der Waals surface area contributed by atoms with Gasteiger partial charge in [-0.3, -0.25) is 4.79 Å². The molecule has 0 fully saturated rings. The number of urea groups is 1. The minimum Gasteiger partial charge on any atom is -0.339 e. The second-order valence-corrected chi connectivity index (χ2v) is 7.58. The fourth-order valence-corrected chi connectivity index (χ4v) is 2.87. The molecule has 0 spiro atoms. The molecule has 8 heteroatoms. The SMILES string of the molecule is Cc1ccc(NC(=O)Nc2ccccc2)cc1NC(=O)CCCc1nc(C(C)C)no1. The average Bonchev–Trinajstić information content (AvgIpc) is 3.20. The molecule has 3 N–H and O–H groups in total. The van der Waals surface area contributed by atoms with Gasteiger partial charge in [0.2, 0.25) is 11.8 Å². The van der Waals surface area contributed by atoms with Gasteiger partial charge in [-0.1, -0.05) is 43.3 Å². The van der Waals surface area contributed by atoms with Gasteiger partial charge < -0.3 is 20.5 Å². The number of nitrogens with zero attached hydrogens (tertiary/aromatic N) is 2. The van der Waals surface area contributed by atoms with Crippen molar-refractivity contribution in [2.24, 2.45) is 0 Å². The van der Waals surface area contributed by atoms with Crippen molar-refractivity contribution in [1.29, 1.82) is 0 Å². The highest BCUT2D eigenvalue weighted by Crippen LogP contribution is 2.21. The minimum atomic E-state index is -0.354. The van der Waals surface area contributed by atoms with Crippen LogP contribution in [0, 0.1) is 6.92 Å². The summed E-state index contributed by atoms with van der Waals surface area (Å²) in [6.45, 7) is 5.90. The van der Waals surface area contributed by atoms with Gasteiger partial charge in [0.1, 0.15) is 0 Å². The summed E-state index contributed by atoms with van der Waals surface area (Å²) in [5.74, 6) is 1.32. The quantitative estimate of drug-likeness (QED) is 0.468. The molecule has 3 aromatic rings. The van der Waals surface area contributed by atoms with E-state index in [1.165, 1.54) is 0 Å². The molecule has 0 aliphatic heterocycles. The van der Waals surface area contributed by atoms with Gasteiger partial charge in [0.05, 0.1) is 0 Å². The molecular formula is C23H27N5O3. The van der Waals surface area contributed by atoms with Crippen LogP contribution in [0.15, 0.2) is 53.1 Å². The van der Waals surface area contributed by atoms with Crippen LogP contribution in [0.4, 0.5) is 21.9 Å². The summed E-state index contributed by atoms with van der Waals surface area (Å²) in [4.78, 5) is 28.9. The van der Waals surface area contributed by atoms with Crippen molar-refractivity contribution >= 4 is 29.0 Å². The predicted molar refractivity (Wildman–Crippen MR) is 120 cm³/mol. The maximum Gasteiger partial charge on any atom is 0.323 e. The van der Waals surface area contributed by atoms with Gasteiger partial charge >= 0.3 is 6.03 Å². The van der Waals surface area contributed by atoms with E-state index in [-0.39, 0.29) is 17.9 Å². The standard InChI is InChI=1S/C23H27N5O3/c1-15(2)22-27-21(31-28-22)11-7-10-20(29)26-19-14-18(13-12-16(19)3)25-23(30)24-17-8-5-4-6-9-17/h4-6,8-9,12-15H,7,10-11H2,1-3H3,(H,26,29)(H2,24,25,30). The number of benzene rings is 2. The molecule has 3 rings (SSSR count). The fourth-order valence-electron chi connectivity index (χ4n) is 2.87. The number of aromatic nitrogens is 2. The summed E-state index contributed by atoms with van der Waals surface area (Å²) in [5, 5.41) is 12.4. The fraction of sp³-hybridized carbons (Fsp3) is 0.304. The summed E-state index contributed by atoms with van der Waals surface area (Å²) < 4.78 is 5.20. The van der Waals surface area contributed by atoms with Crippen molar-refractivity contribution in [1.82, 2.24) is 10.1 Å². The molecule has 0 aliphatic carbocycles. The maximum atomic E-state index is 12.4. The zero-order chi connectivity index (χ0) is 22.2. The molecule has 0 radical (unpaired) electrons. The largest absolute Gasteiger partial charge is 0.339 e. The van der Waals surface area contributed by atoms with Crippen molar-refractivity contribution in [3.63, 3.8) is 0 Å². The van der Waals surface area contributed by atoms with Gasteiger partial charge in [-0.05, 0) is 43.2 Å². The topological polar surface area (TPSA) is 109 Å². The van der Waals surface area contributed by atoms with E-state index in [0.29, 0.717) is 48.0 Å². The molecule has 0 aliphatic rings. The molecule has 0 bridgehead atoms. The first-order chi connectivity index (χ1) is 14.9. The Morgan fingerprint density at radius 3 is 2.45 bits per heavy atom. The summed E-state index contributed by atoms with van der Waals surface area (Å²) in [6.07, 6.45) is 1.47. The highest BCUT2D eigenvalue weighted by Gasteiger charge is 2.11. The van der Waals surface area contributed by atoms with E-state index in [4.69, 9.17) is 4.52 Å². The zero-order valence-corrected chi connectivity index (χ0v) is 17.9. The van der Waals surface area contributed by atoms with Crippen LogP contribution >= 0.6 is 0 Å². The van der Waals surface area contributed by atoms with Crippen LogP contribution in [0.5, 0.6) is 0 Å². The lowest BCUT2D eigenvalue weighted by atomic mass is 10.1. The third kappa shape index (κ3) is 6.67. The van der Waals surface area contributed by atoms with E-state index >= 15 is 0 Å². The summed E-state index contributed by atoms with van der Waals surface area (Å²) in [6, 6.07) is 14.2. The van der Waals surface area contributed by atoms with Gasteiger partial charge in [-0.15, -0.1) is 0 Å². The van der Waals surface area contributed by atoms with Crippen LogP contribution in [0.3, 0.4) is 0 Å². The average molecular weight is 422 g/mol. The Hall–Kier alpha value is -3.68. The van der Waals surface area contributed by atoms with E-state index in [0.717, 1.165) is 5.56 Å². The number of hydrogen-bond acceptors (Lipinski definition) is 5. The molecule has 0 atom stereocenters. The molecule has 0 unspecified atom stereocenters. The van der Waals surface area contributed by atoms with Gasteiger partial charge in [-0.2, -0.15) is 4.98 Å². The Kier molecular flexibility index (Phi) is 7.37. The Morgan fingerprint density at radius 1 is 1.00 bits per heavy atom. The van der Waals surface area contributed by atoms with Gasteiger partial charge in [0, 0.05) is 35.8 Å². The third-order valence-electron chi connectivity index (χ3n) is 4.60. The lowest BCUT2D eigenvalue weighted by molar-refractivity contribution is -0.116. The van der Waals surface area contributed by atoms with Crippen LogP contribution in [0.1, 0.15) is 49.9 Å². The molecule has 2 aromatic carbocycles. The van der Waals surface area contributed by atoms with Crippen LogP contribution in [-0.4, -0.2) is 22.1 Å². The van der Waals surface area contributed by atoms with Crippen molar-refractivity contribution in [2.75, 3.05) is 16.0 Å². The molecular weight excluding hydrogens is 394 g/mol. The number of anilines is 3. The van der Waals surface area contributed by atoms with Crippen molar-refractivity contribution in [3.8, 4) is 0 Å². The number of carbonyl (C=O) groups is 2. The number of nitrogens with one attached hydrogen (secondary N) is 3. The molecule has 8 nitrogen and oxygen atoms in total. The van der Waals surface area contributed by atoms with E-state index in [2.05, 4.69) is 26.1 Å². The lowest BCUT2D eigenvalue weighted by Crippen LogP contribution is -2.19. The van der Waals surface area contributed by atoms with Crippen molar-refractivity contribution in [2.45, 2.75) is 46.0 Å². The number of carbonyl (C=O) groups excluding carboxylic acids is 2. The molecule has 1 heterocycles. The Bertz CT molecular complexity index is 1030. The van der Waals surface area contributed by atoms with Gasteiger partial charge in [0.15, 0.2) is 5.82 Å². The lowest BCUT2D eigenvalue weighted by Gasteiger charge is -2.12. The van der Waals surface area contributed by atoms with Crippen LogP contribution in [0.25, 0.3) is 0 Å². The first-order valence-electron chi connectivity index (χ1n) is 10.3. The maximum absolute atomic E-state index is 12.4. The van der Waals surface area contributed by atoms with Crippen molar-refractivity contribution < 1.29 is 14.1 Å². The van der Waals surface area contributed by atoms with Crippen LogP contribution < -0.4 is 16.0 Å². The molecule has 0 saturated carbocycles. The van der Waals surface area contributed by atoms with Gasteiger partial charge in [0.25, 0.3) is 0 Å². The zero-order valence-electron chi connectivity index (χ0n) is 17.9. The highest BCUT2D eigenvalue weighted by molar-refractivity contribution is 6.00. The highest BCUT2D eigenvalue weighted by atomic mass is 16.5. The Balaban J connectivity index is 1.50. The summed E-state index contributed by atoms with van der Waals surface area (Å²) in [5.41, 5.74) is 2.84. The van der Waals surface area contributed by atoms with Crippen LogP contribution in [-0.2, 0) is 11.2 Å². The monoisotopic (exact) mass is 421 g/mol. The number of hydrogen-bond donors (Lipinski definition) is 3. The van der Waals surface area contributed by atoms with Crippen molar-refractivity contribution in [3.05, 3.63) is 65.8 Å². The van der Waals surface area contributed by atoms with E-state index < -0.39 is 0 Å². The normalized spacial score (nSPS) is 10.7.